The van der Waals surface area contributed by atoms with Crippen molar-refractivity contribution in [3.8, 4) is 5.69 Å². The van der Waals surface area contributed by atoms with E-state index in [0.717, 1.165) is 17.1 Å². The zero-order valence-electron chi connectivity index (χ0n) is 18.9. The average molecular weight is 470 g/mol. The number of Topliss-reactive ketones (excluding diaryl/α,β-unsaturated/α-hetero) is 1. The average Bonchev–Trinajstić information content (AvgIpc) is 3.10. The lowest BCUT2D eigenvalue weighted by atomic mass is 10.1. The third-order valence-corrected chi connectivity index (χ3v) is 7.95. The van der Waals surface area contributed by atoms with Gasteiger partial charge in [-0.15, -0.1) is 0 Å². The summed E-state index contributed by atoms with van der Waals surface area (Å²) in [6.45, 7) is 5.84. The first-order valence-corrected chi connectivity index (χ1v) is 12.6. The molecule has 1 saturated heterocycles. The third-order valence-electron chi connectivity index (χ3n) is 6.10. The summed E-state index contributed by atoms with van der Waals surface area (Å²) in [6.07, 6.45) is 0. The summed E-state index contributed by atoms with van der Waals surface area (Å²) in [5, 5.41) is 0. The molecule has 33 heavy (non-hydrogen) atoms. The number of piperazine rings is 1. The van der Waals surface area contributed by atoms with Crippen LogP contribution in [0.1, 0.15) is 27.3 Å². The van der Waals surface area contributed by atoms with Gasteiger partial charge in [-0.1, -0.05) is 30.3 Å². The van der Waals surface area contributed by atoms with Gasteiger partial charge in [-0.05, 0) is 49.7 Å². The summed E-state index contributed by atoms with van der Waals surface area (Å²) in [5.41, 5.74) is 4.18. The van der Waals surface area contributed by atoms with Crippen LogP contribution in [0.5, 0.6) is 0 Å². The second-order valence-electron chi connectivity index (χ2n) is 8.44. The molecule has 0 atom stereocenters. The van der Waals surface area contributed by atoms with Crippen LogP contribution in [0.3, 0.4) is 0 Å². The predicted octanol–water partition coefficient (Wildman–Crippen LogP) is 3.56. The molecule has 0 aliphatic carbocycles. The highest BCUT2D eigenvalue weighted by molar-refractivity contribution is 7.88. The van der Waals surface area contributed by atoms with Crippen LogP contribution in [0, 0.1) is 19.7 Å². The summed E-state index contributed by atoms with van der Waals surface area (Å²) >= 11 is 0. The second kappa shape index (κ2) is 9.59. The van der Waals surface area contributed by atoms with Crippen molar-refractivity contribution in [2.45, 2.75) is 19.6 Å². The van der Waals surface area contributed by atoms with Crippen LogP contribution in [0.4, 0.5) is 4.39 Å². The number of aryl methyl sites for hydroxylation is 1. The molecule has 2 aromatic carbocycles. The number of rotatable bonds is 7. The first kappa shape index (κ1) is 23.4. The predicted molar refractivity (Wildman–Crippen MR) is 127 cm³/mol. The van der Waals surface area contributed by atoms with E-state index in [0.29, 0.717) is 37.3 Å². The number of para-hydroxylation sites is 1. The van der Waals surface area contributed by atoms with E-state index in [4.69, 9.17) is 0 Å². The minimum atomic E-state index is -3.50. The van der Waals surface area contributed by atoms with Crippen molar-refractivity contribution in [2.24, 2.45) is 0 Å². The first-order valence-electron chi connectivity index (χ1n) is 11.0. The van der Waals surface area contributed by atoms with E-state index in [9.17, 15) is 17.6 Å². The van der Waals surface area contributed by atoms with E-state index < -0.39 is 10.0 Å². The molecule has 0 bridgehead atoms. The van der Waals surface area contributed by atoms with Gasteiger partial charge in [-0.3, -0.25) is 9.69 Å². The molecule has 1 aliphatic heterocycles. The minimum absolute atomic E-state index is 0.0351. The van der Waals surface area contributed by atoms with Crippen LogP contribution in [-0.2, 0) is 15.8 Å². The van der Waals surface area contributed by atoms with Gasteiger partial charge >= 0.3 is 0 Å². The smallest absolute Gasteiger partial charge is 0.218 e. The second-order valence-corrected chi connectivity index (χ2v) is 10.4. The molecule has 1 aliphatic rings. The molecule has 2 heterocycles. The zero-order valence-corrected chi connectivity index (χ0v) is 19.7. The number of hydrogen-bond acceptors (Lipinski definition) is 4. The fourth-order valence-electron chi connectivity index (χ4n) is 4.36. The molecule has 0 unspecified atom stereocenters. The number of carbonyl (C=O) groups excluding carboxylic acids is 1. The van der Waals surface area contributed by atoms with Gasteiger partial charge in [0, 0.05) is 48.8 Å². The Hall–Kier alpha value is -2.81. The molecule has 0 amide bonds. The van der Waals surface area contributed by atoms with Crippen molar-refractivity contribution in [3.05, 3.63) is 89.0 Å². The Morgan fingerprint density at radius 1 is 0.939 bits per heavy atom. The Bertz CT molecular complexity index is 1230. The number of sulfonamides is 1. The number of carbonyl (C=O) groups is 1. The van der Waals surface area contributed by atoms with E-state index in [2.05, 4.69) is 4.57 Å². The normalized spacial score (nSPS) is 15.6. The number of benzene rings is 2. The van der Waals surface area contributed by atoms with Crippen molar-refractivity contribution in [3.63, 3.8) is 0 Å². The summed E-state index contributed by atoms with van der Waals surface area (Å²) in [4.78, 5) is 15.1. The number of hydrogen-bond donors (Lipinski definition) is 0. The topological polar surface area (TPSA) is 62.6 Å². The highest BCUT2D eigenvalue weighted by atomic mass is 32.2. The van der Waals surface area contributed by atoms with Gasteiger partial charge in [0.2, 0.25) is 10.0 Å². The number of aromatic nitrogens is 1. The van der Waals surface area contributed by atoms with Crippen LogP contribution in [0.2, 0.25) is 0 Å². The molecule has 8 heteroatoms. The van der Waals surface area contributed by atoms with Crippen molar-refractivity contribution in [1.82, 2.24) is 13.8 Å². The summed E-state index contributed by atoms with van der Waals surface area (Å²) in [5.74, 6) is -0.510. The Balaban J connectivity index is 1.37. The molecule has 0 radical (unpaired) electrons. The fourth-order valence-corrected chi connectivity index (χ4v) is 5.87. The zero-order chi connectivity index (χ0) is 23.6. The lowest BCUT2D eigenvalue weighted by Crippen LogP contribution is -2.50. The van der Waals surface area contributed by atoms with E-state index in [1.807, 2.05) is 55.1 Å². The maximum atomic E-state index is 13.1. The molecule has 0 N–H and O–H groups in total. The molecule has 0 saturated carbocycles. The van der Waals surface area contributed by atoms with Gasteiger partial charge in [0.25, 0.3) is 0 Å². The highest BCUT2D eigenvalue weighted by Gasteiger charge is 2.28. The molecular formula is C25H28FN3O3S. The monoisotopic (exact) mass is 469 g/mol. The van der Waals surface area contributed by atoms with Gasteiger partial charge < -0.3 is 4.57 Å². The molecule has 1 aromatic heterocycles. The van der Waals surface area contributed by atoms with Crippen molar-refractivity contribution < 1.29 is 17.6 Å². The van der Waals surface area contributed by atoms with Gasteiger partial charge in [-0.2, -0.15) is 4.31 Å². The SMILES string of the molecule is Cc1cc(C(=O)CN2CCN(S(=O)(=O)Cc3ccc(F)cc3)CC2)c(C)n1-c1ccccc1. The minimum Gasteiger partial charge on any atom is -0.318 e. The molecule has 4 rings (SSSR count). The third kappa shape index (κ3) is 5.24. The summed E-state index contributed by atoms with van der Waals surface area (Å²) in [7, 11) is -3.50. The van der Waals surface area contributed by atoms with Gasteiger partial charge in [0.15, 0.2) is 5.78 Å². The van der Waals surface area contributed by atoms with Gasteiger partial charge in [-0.25, -0.2) is 12.8 Å². The van der Waals surface area contributed by atoms with Crippen molar-refractivity contribution in [1.29, 1.82) is 0 Å². The molecule has 1 fully saturated rings. The molecular weight excluding hydrogens is 441 g/mol. The Labute approximate surface area is 194 Å². The maximum Gasteiger partial charge on any atom is 0.218 e. The molecule has 6 nitrogen and oxygen atoms in total. The van der Waals surface area contributed by atoms with Gasteiger partial charge in [0.1, 0.15) is 5.82 Å². The Kier molecular flexibility index (Phi) is 6.78. The van der Waals surface area contributed by atoms with Crippen LogP contribution >= 0.6 is 0 Å². The van der Waals surface area contributed by atoms with Crippen LogP contribution in [-0.4, -0.2) is 60.7 Å². The number of ketones is 1. The van der Waals surface area contributed by atoms with E-state index in [-0.39, 0.29) is 23.9 Å². The van der Waals surface area contributed by atoms with Crippen LogP contribution in [0.15, 0.2) is 60.7 Å². The molecule has 3 aromatic rings. The maximum absolute atomic E-state index is 13.1. The van der Waals surface area contributed by atoms with Crippen molar-refractivity contribution >= 4 is 15.8 Å². The standard InChI is InChI=1S/C25H28FN3O3S/c1-19-16-24(20(2)29(19)23-6-4-3-5-7-23)25(30)17-27-12-14-28(15-13-27)33(31,32)18-21-8-10-22(26)11-9-21/h3-11,16H,12-15,17-18H2,1-2H3. The van der Waals surface area contributed by atoms with E-state index in [1.165, 1.54) is 28.6 Å². The van der Waals surface area contributed by atoms with Crippen molar-refractivity contribution in [2.75, 3.05) is 32.7 Å². The van der Waals surface area contributed by atoms with E-state index >= 15 is 0 Å². The fraction of sp³-hybridized carbons (Fsp3) is 0.320. The molecule has 174 valence electrons. The van der Waals surface area contributed by atoms with Crippen LogP contribution in [0.25, 0.3) is 5.69 Å². The number of halogens is 1. The lowest BCUT2D eigenvalue weighted by Gasteiger charge is -2.33. The lowest BCUT2D eigenvalue weighted by molar-refractivity contribution is 0.0901. The number of nitrogens with zero attached hydrogens (tertiary/aromatic N) is 3. The van der Waals surface area contributed by atoms with Crippen LogP contribution < -0.4 is 0 Å². The van der Waals surface area contributed by atoms with E-state index in [1.54, 1.807) is 0 Å². The largest absolute Gasteiger partial charge is 0.318 e. The van der Waals surface area contributed by atoms with Gasteiger partial charge in [0.05, 0.1) is 12.3 Å². The summed E-state index contributed by atoms with van der Waals surface area (Å²) < 4.78 is 42.1. The Morgan fingerprint density at radius 2 is 1.58 bits per heavy atom. The summed E-state index contributed by atoms with van der Waals surface area (Å²) in [6, 6.07) is 17.4. The highest BCUT2D eigenvalue weighted by Crippen LogP contribution is 2.22. The molecule has 0 spiro atoms. The quantitative estimate of drug-likeness (QED) is 0.497. The Morgan fingerprint density at radius 3 is 2.21 bits per heavy atom. The first-order chi connectivity index (χ1) is 15.7.